The first kappa shape index (κ1) is 29.7. The standard InChI is InChI=1S/C40H25ClN6O3/c41-33-35(24-14-6-2-7-15-24)47(40(33)49)37-32-34(43-22-44-37)31-27(23-12-4-1-5-13-23)21-29(28-20-25-16-10-11-19-30(25)50-36(28)42)46(38(31)45-39(32)48)26-17-8-3-9-18-26/h1-22,33,35,42H. The van der Waals surface area contributed by atoms with Crippen LogP contribution in [0.25, 0.3) is 61.3 Å². The van der Waals surface area contributed by atoms with Gasteiger partial charge >= 0.3 is 0 Å². The molecule has 3 aliphatic heterocycles. The number of β-lactam (4-membered cyclic amide) rings is 1. The first-order chi connectivity index (χ1) is 24.5. The fourth-order valence-corrected chi connectivity index (χ4v) is 7.23. The van der Waals surface area contributed by atoms with E-state index in [1.165, 1.54) is 11.2 Å². The van der Waals surface area contributed by atoms with Crippen molar-refractivity contribution >= 4 is 45.2 Å². The predicted octanol–water partition coefficient (Wildman–Crippen LogP) is 7.54. The summed E-state index contributed by atoms with van der Waals surface area (Å²) in [5.41, 5.74) is 5.06. The first-order valence-corrected chi connectivity index (χ1v) is 16.4. The van der Waals surface area contributed by atoms with Gasteiger partial charge in [-0.2, -0.15) is 4.98 Å². The van der Waals surface area contributed by atoms with Crippen LogP contribution in [0.15, 0.2) is 143 Å². The van der Waals surface area contributed by atoms with E-state index in [1.54, 1.807) is 0 Å². The first-order valence-electron chi connectivity index (χ1n) is 15.9. The maximum Gasteiger partial charge on any atom is 0.284 e. The van der Waals surface area contributed by atoms with E-state index >= 15 is 0 Å². The minimum Gasteiger partial charge on any atom is -0.438 e. The lowest BCUT2D eigenvalue weighted by Gasteiger charge is -2.43. The van der Waals surface area contributed by atoms with Gasteiger partial charge in [-0.3, -0.25) is 24.5 Å². The topological polar surface area (TPSA) is 118 Å². The summed E-state index contributed by atoms with van der Waals surface area (Å²) >= 11 is 6.59. The number of carbonyl (C=O) groups excluding carboxylic acids is 1. The molecule has 1 amide bonds. The van der Waals surface area contributed by atoms with Gasteiger partial charge in [0.25, 0.3) is 5.56 Å². The van der Waals surface area contributed by atoms with Crippen LogP contribution in [0, 0.1) is 5.41 Å². The average molecular weight is 673 g/mol. The Labute approximate surface area is 289 Å². The molecule has 2 unspecified atom stereocenters. The molecule has 2 aromatic heterocycles. The average Bonchev–Trinajstić information content (AvgIpc) is 3.16. The molecule has 5 heterocycles. The second-order valence-electron chi connectivity index (χ2n) is 12.0. The van der Waals surface area contributed by atoms with Crippen molar-refractivity contribution in [1.29, 1.82) is 5.41 Å². The Kier molecular flexibility index (Phi) is 6.89. The van der Waals surface area contributed by atoms with Crippen molar-refractivity contribution < 1.29 is 9.21 Å². The van der Waals surface area contributed by atoms with E-state index in [9.17, 15) is 9.59 Å². The van der Waals surface area contributed by atoms with Gasteiger partial charge in [0.15, 0.2) is 11.6 Å². The lowest BCUT2D eigenvalue weighted by Crippen LogP contribution is -2.57. The van der Waals surface area contributed by atoms with Gasteiger partial charge in [-0.1, -0.05) is 97.1 Å². The second-order valence-corrected chi connectivity index (χ2v) is 12.5. The molecule has 2 atom stereocenters. The Hall–Kier alpha value is -6.45. The lowest BCUT2D eigenvalue weighted by molar-refractivity contribution is -0.123. The van der Waals surface area contributed by atoms with E-state index in [-0.39, 0.29) is 22.7 Å². The Morgan fingerprint density at radius 3 is 2.20 bits per heavy atom. The number of rotatable bonds is 5. The molecule has 1 saturated heterocycles. The summed E-state index contributed by atoms with van der Waals surface area (Å²) in [6.07, 6.45) is 1.37. The zero-order chi connectivity index (χ0) is 33.9. The number of carbonyl (C=O) groups is 1. The molecule has 0 spiro atoms. The van der Waals surface area contributed by atoms with E-state index < -0.39 is 17.0 Å². The molecule has 6 aromatic rings. The summed E-state index contributed by atoms with van der Waals surface area (Å²) < 4.78 is 7.88. The van der Waals surface area contributed by atoms with Gasteiger partial charge in [0.2, 0.25) is 11.5 Å². The predicted molar refractivity (Wildman–Crippen MR) is 192 cm³/mol. The van der Waals surface area contributed by atoms with Crippen LogP contribution in [-0.2, 0) is 4.79 Å². The normalized spacial score (nSPS) is 15.9. The zero-order valence-corrected chi connectivity index (χ0v) is 27.0. The van der Waals surface area contributed by atoms with Crippen LogP contribution in [0.4, 0.5) is 5.82 Å². The van der Waals surface area contributed by atoms with Gasteiger partial charge in [-0.15, -0.1) is 11.6 Å². The molecule has 0 radical (unpaired) electrons. The molecular formula is C40H25ClN6O3. The highest BCUT2D eigenvalue weighted by atomic mass is 35.5. The third-order valence-electron chi connectivity index (χ3n) is 9.16. The number of fused-ring (bicyclic) bond motifs is 4. The molecule has 9 rings (SSSR count). The number of nitrogens with one attached hydrogen (secondary N) is 1. The maximum atomic E-state index is 14.4. The van der Waals surface area contributed by atoms with Crippen LogP contribution >= 0.6 is 11.6 Å². The quantitative estimate of drug-likeness (QED) is 0.115. The molecule has 0 saturated carbocycles. The Morgan fingerprint density at radius 2 is 1.44 bits per heavy atom. The van der Waals surface area contributed by atoms with Crippen LogP contribution in [-0.4, -0.2) is 30.8 Å². The van der Waals surface area contributed by atoms with Gasteiger partial charge in [-0.25, -0.2) is 9.97 Å². The molecule has 0 bridgehead atoms. The Balaban J connectivity index is 1.41. The number of hydrogen-bond donors (Lipinski definition) is 1. The van der Waals surface area contributed by atoms with Crippen LogP contribution in [0.5, 0.6) is 0 Å². The number of nitrogens with zero attached hydrogens (tertiary/aromatic N) is 5. The minimum absolute atomic E-state index is 0.0432. The van der Waals surface area contributed by atoms with Crippen molar-refractivity contribution in [3.05, 3.63) is 155 Å². The molecule has 0 aliphatic carbocycles. The molecule has 1 fully saturated rings. The summed E-state index contributed by atoms with van der Waals surface area (Å²) in [7, 11) is 0. The second kappa shape index (κ2) is 11.6. The van der Waals surface area contributed by atoms with Crippen LogP contribution in [0.2, 0.25) is 0 Å². The van der Waals surface area contributed by atoms with Gasteiger partial charge < -0.3 is 4.42 Å². The summed E-state index contributed by atoms with van der Waals surface area (Å²) in [6.45, 7) is 0. The molecule has 240 valence electrons. The highest BCUT2D eigenvalue weighted by Gasteiger charge is 2.49. The number of halogens is 1. The zero-order valence-electron chi connectivity index (χ0n) is 26.2. The minimum atomic E-state index is -0.819. The molecule has 10 heteroatoms. The van der Waals surface area contributed by atoms with E-state index in [4.69, 9.17) is 31.4 Å². The van der Waals surface area contributed by atoms with Crippen molar-refractivity contribution in [3.8, 4) is 39.5 Å². The van der Waals surface area contributed by atoms with Gasteiger partial charge in [0, 0.05) is 11.1 Å². The Bertz CT molecular complexity index is 2700. The van der Waals surface area contributed by atoms with Gasteiger partial charge in [0.1, 0.15) is 22.7 Å². The van der Waals surface area contributed by atoms with E-state index in [1.807, 2.05) is 132 Å². The SMILES string of the molecule is N=c1oc2ccccc2cc1-c1cc(-c2ccccc2)c2c3ncnc(N4C(=O)C(Cl)C4c4ccccc4)c3c(=O)nc-2n1-c1ccccc1. The van der Waals surface area contributed by atoms with Crippen molar-refractivity contribution in [2.45, 2.75) is 11.4 Å². The van der Waals surface area contributed by atoms with Crippen molar-refractivity contribution in [3.63, 3.8) is 0 Å². The number of amides is 1. The molecule has 4 aromatic carbocycles. The maximum absolute atomic E-state index is 14.4. The van der Waals surface area contributed by atoms with E-state index in [0.717, 1.165) is 22.1 Å². The fourth-order valence-electron chi connectivity index (χ4n) is 6.87. The summed E-state index contributed by atoms with van der Waals surface area (Å²) in [6, 6.07) is 39.6. The molecular weight excluding hydrogens is 648 g/mol. The summed E-state index contributed by atoms with van der Waals surface area (Å²) in [4.78, 5) is 43.2. The van der Waals surface area contributed by atoms with E-state index in [0.29, 0.717) is 39.4 Å². The largest absolute Gasteiger partial charge is 0.438 e. The molecule has 9 nitrogen and oxygen atoms in total. The summed E-state index contributed by atoms with van der Waals surface area (Å²) in [5.74, 6) is 0.120. The van der Waals surface area contributed by atoms with Crippen LogP contribution < -0.4 is 16.0 Å². The fraction of sp³-hybridized carbons (Fsp3) is 0.0500. The Morgan fingerprint density at radius 1 is 0.760 bits per heavy atom. The van der Waals surface area contributed by atoms with Gasteiger partial charge in [-0.05, 0) is 47.0 Å². The molecule has 50 heavy (non-hydrogen) atoms. The number of aromatic nitrogens is 4. The summed E-state index contributed by atoms with van der Waals surface area (Å²) in [5, 5.41) is 9.12. The van der Waals surface area contributed by atoms with Crippen molar-refractivity contribution in [2.75, 3.05) is 4.90 Å². The third kappa shape index (κ3) is 4.55. The smallest absolute Gasteiger partial charge is 0.284 e. The van der Waals surface area contributed by atoms with Crippen molar-refractivity contribution in [2.24, 2.45) is 0 Å². The molecule has 3 aliphatic rings. The lowest BCUT2D eigenvalue weighted by atomic mass is 9.91. The number of anilines is 1. The monoisotopic (exact) mass is 672 g/mol. The van der Waals surface area contributed by atoms with Crippen LogP contribution in [0.3, 0.4) is 0 Å². The number of pyridine rings is 2. The third-order valence-corrected chi connectivity index (χ3v) is 9.59. The van der Waals surface area contributed by atoms with Gasteiger partial charge in [0.05, 0.1) is 28.4 Å². The van der Waals surface area contributed by atoms with E-state index in [2.05, 4.69) is 4.98 Å². The molecule has 1 N–H and O–H groups in total. The number of hydrogen-bond acceptors (Lipinski definition) is 7. The number of alkyl halides is 1. The highest BCUT2D eigenvalue weighted by molar-refractivity contribution is 6.37. The van der Waals surface area contributed by atoms with Crippen LogP contribution in [0.1, 0.15) is 11.6 Å². The number of benzene rings is 4. The highest BCUT2D eigenvalue weighted by Crippen LogP contribution is 2.46. The van der Waals surface area contributed by atoms with Crippen molar-refractivity contribution in [1.82, 2.24) is 19.5 Å². The number of para-hydroxylation sites is 2.